The van der Waals surface area contributed by atoms with Gasteiger partial charge in [0.05, 0.1) is 23.7 Å². The second-order valence-electron chi connectivity index (χ2n) is 8.23. The number of rotatable bonds is 9. The first-order valence-electron chi connectivity index (χ1n) is 10.6. The van der Waals surface area contributed by atoms with Gasteiger partial charge in [-0.1, -0.05) is 39.5 Å². The largest absolute Gasteiger partial charge is 0.416 e. The molecule has 1 aromatic carbocycles. The molecule has 0 aliphatic rings. The summed E-state index contributed by atoms with van der Waals surface area (Å²) >= 11 is 1.55. The van der Waals surface area contributed by atoms with Crippen LogP contribution >= 0.6 is 11.8 Å². The molecular weight excluding hydrogens is 453 g/mol. The minimum absolute atomic E-state index is 0.159. The summed E-state index contributed by atoms with van der Waals surface area (Å²) < 4.78 is 39.8. The Morgan fingerprint density at radius 1 is 1.12 bits per heavy atom. The highest BCUT2D eigenvalue weighted by atomic mass is 32.2. The smallest absolute Gasteiger partial charge is 0.369 e. The van der Waals surface area contributed by atoms with Gasteiger partial charge in [-0.2, -0.15) is 18.3 Å². The van der Waals surface area contributed by atoms with E-state index in [0.29, 0.717) is 28.5 Å². The van der Waals surface area contributed by atoms with Gasteiger partial charge in [0, 0.05) is 23.9 Å². The number of amides is 1. The first-order valence-corrected chi connectivity index (χ1v) is 11.5. The molecule has 3 rings (SSSR count). The lowest BCUT2D eigenvalue weighted by Crippen LogP contribution is -2.27. The quantitative estimate of drug-likeness (QED) is 0.337. The maximum absolute atomic E-state index is 12.7. The molecule has 11 heteroatoms. The fraction of sp³-hybridized carbons (Fsp3) is 0.455. The van der Waals surface area contributed by atoms with E-state index in [1.54, 1.807) is 22.6 Å². The number of anilines is 1. The number of alkyl halides is 3. The molecule has 1 amide bonds. The zero-order valence-corrected chi connectivity index (χ0v) is 19.7. The van der Waals surface area contributed by atoms with E-state index in [9.17, 15) is 18.0 Å². The highest BCUT2D eigenvalue weighted by Crippen LogP contribution is 2.29. The Morgan fingerprint density at radius 3 is 2.42 bits per heavy atom. The summed E-state index contributed by atoms with van der Waals surface area (Å²) in [6.07, 6.45) is -2.74. The standard InChI is InChI=1S/C22H27F3N6OS/c1-13(2)11-27-18-17-12-28-31(19(17)30-21(29-18)33-14(3)4)10-9-26-20(32)15-5-7-16(8-6-15)22(23,24)25/h5-8,12-14H,9-11H2,1-4H3,(H,26,32)(H,27,29,30). The van der Waals surface area contributed by atoms with Gasteiger partial charge in [0.15, 0.2) is 10.8 Å². The minimum Gasteiger partial charge on any atom is -0.369 e. The Balaban J connectivity index is 1.72. The molecule has 0 aliphatic carbocycles. The number of aromatic nitrogens is 4. The van der Waals surface area contributed by atoms with E-state index in [2.05, 4.69) is 53.4 Å². The highest BCUT2D eigenvalue weighted by molar-refractivity contribution is 7.99. The zero-order valence-electron chi connectivity index (χ0n) is 18.9. The second kappa shape index (κ2) is 10.4. The molecule has 0 bridgehead atoms. The van der Waals surface area contributed by atoms with E-state index in [1.807, 2.05) is 0 Å². The number of hydrogen-bond acceptors (Lipinski definition) is 6. The molecule has 178 valence electrons. The lowest BCUT2D eigenvalue weighted by atomic mass is 10.1. The lowest BCUT2D eigenvalue weighted by molar-refractivity contribution is -0.137. The molecule has 0 saturated carbocycles. The molecule has 2 N–H and O–H groups in total. The molecule has 2 aromatic heterocycles. The molecule has 3 aromatic rings. The molecule has 0 aliphatic heterocycles. The number of fused-ring (bicyclic) bond motifs is 1. The van der Waals surface area contributed by atoms with Gasteiger partial charge in [-0.25, -0.2) is 14.6 Å². The SMILES string of the molecule is CC(C)CNc1nc(SC(C)C)nc2c1cnn2CCNC(=O)c1ccc(C(F)(F)F)cc1. The third-order valence-electron chi connectivity index (χ3n) is 4.58. The van der Waals surface area contributed by atoms with E-state index in [4.69, 9.17) is 0 Å². The molecule has 0 spiro atoms. The van der Waals surface area contributed by atoms with Crippen molar-refractivity contribution in [2.75, 3.05) is 18.4 Å². The predicted molar refractivity (Wildman–Crippen MR) is 123 cm³/mol. The van der Waals surface area contributed by atoms with Crippen LogP contribution in [0.5, 0.6) is 0 Å². The number of nitrogens with zero attached hydrogens (tertiary/aromatic N) is 4. The maximum Gasteiger partial charge on any atom is 0.416 e. The topological polar surface area (TPSA) is 84.7 Å². The summed E-state index contributed by atoms with van der Waals surface area (Å²) in [7, 11) is 0. The van der Waals surface area contributed by atoms with Gasteiger partial charge in [0.25, 0.3) is 5.91 Å². The molecule has 0 radical (unpaired) electrons. The van der Waals surface area contributed by atoms with Crippen molar-refractivity contribution < 1.29 is 18.0 Å². The first kappa shape index (κ1) is 24.8. The first-order chi connectivity index (χ1) is 15.5. The number of carbonyl (C=O) groups excluding carboxylic acids is 1. The van der Waals surface area contributed by atoms with Gasteiger partial charge in [-0.3, -0.25) is 4.79 Å². The van der Waals surface area contributed by atoms with Gasteiger partial charge >= 0.3 is 6.18 Å². The molecule has 0 fully saturated rings. The summed E-state index contributed by atoms with van der Waals surface area (Å²) in [4.78, 5) is 21.6. The Labute approximate surface area is 194 Å². The normalized spacial score (nSPS) is 12.0. The third-order valence-corrected chi connectivity index (χ3v) is 5.44. The summed E-state index contributed by atoms with van der Waals surface area (Å²) in [5.41, 5.74) is 0.0216. The Kier molecular flexibility index (Phi) is 7.83. The van der Waals surface area contributed by atoms with Gasteiger partial charge in [0.1, 0.15) is 5.82 Å². The molecule has 2 heterocycles. The van der Waals surface area contributed by atoms with E-state index >= 15 is 0 Å². The van der Waals surface area contributed by atoms with Crippen LogP contribution in [0.2, 0.25) is 0 Å². The molecule has 0 atom stereocenters. The summed E-state index contributed by atoms with van der Waals surface area (Å²) in [6.45, 7) is 9.69. The van der Waals surface area contributed by atoms with Crippen LogP contribution in [0.15, 0.2) is 35.6 Å². The van der Waals surface area contributed by atoms with Crippen LogP contribution < -0.4 is 10.6 Å². The van der Waals surface area contributed by atoms with E-state index in [-0.39, 0.29) is 12.1 Å². The van der Waals surface area contributed by atoms with Gasteiger partial charge in [0.2, 0.25) is 0 Å². The fourth-order valence-corrected chi connectivity index (χ4v) is 3.69. The number of carbonyl (C=O) groups is 1. The Bertz CT molecular complexity index is 1100. The number of hydrogen-bond donors (Lipinski definition) is 2. The van der Waals surface area contributed by atoms with Crippen molar-refractivity contribution in [3.05, 3.63) is 41.6 Å². The van der Waals surface area contributed by atoms with Crippen LogP contribution in [0.25, 0.3) is 11.0 Å². The fourth-order valence-electron chi connectivity index (χ4n) is 2.99. The predicted octanol–water partition coefficient (Wildman–Crippen LogP) is 4.84. The van der Waals surface area contributed by atoms with Gasteiger partial charge in [-0.05, 0) is 30.2 Å². The maximum atomic E-state index is 12.7. The molecule has 33 heavy (non-hydrogen) atoms. The molecule has 0 unspecified atom stereocenters. The van der Waals surface area contributed by atoms with Crippen molar-refractivity contribution in [1.82, 2.24) is 25.1 Å². The number of benzene rings is 1. The number of halogens is 3. The molecule has 0 saturated heterocycles. The number of nitrogens with one attached hydrogen (secondary N) is 2. The van der Waals surface area contributed by atoms with Crippen molar-refractivity contribution in [2.45, 2.75) is 50.8 Å². The molecular formula is C22H27F3N6OS. The van der Waals surface area contributed by atoms with Crippen LogP contribution in [0, 0.1) is 5.92 Å². The van der Waals surface area contributed by atoms with E-state index < -0.39 is 17.6 Å². The van der Waals surface area contributed by atoms with Crippen LogP contribution in [-0.2, 0) is 12.7 Å². The van der Waals surface area contributed by atoms with Gasteiger partial charge in [-0.15, -0.1) is 0 Å². The van der Waals surface area contributed by atoms with Crippen molar-refractivity contribution in [1.29, 1.82) is 0 Å². The van der Waals surface area contributed by atoms with Crippen molar-refractivity contribution in [2.24, 2.45) is 5.92 Å². The second-order valence-corrected chi connectivity index (χ2v) is 9.78. The summed E-state index contributed by atoms with van der Waals surface area (Å²) in [6, 6.07) is 4.12. The summed E-state index contributed by atoms with van der Waals surface area (Å²) in [5.74, 6) is 0.703. The third kappa shape index (κ3) is 6.59. The molecule has 7 nitrogen and oxygen atoms in total. The van der Waals surface area contributed by atoms with Crippen LogP contribution in [0.4, 0.5) is 19.0 Å². The zero-order chi connectivity index (χ0) is 24.2. The van der Waals surface area contributed by atoms with Crippen molar-refractivity contribution in [3.8, 4) is 0 Å². The van der Waals surface area contributed by atoms with E-state index in [1.165, 1.54) is 0 Å². The average Bonchev–Trinajstić information content (AvgIpc) is 3.14. The van der Waals surface area contributed by atoms with Crippen molar-refractivity contribution in [3.63, 3.8) is 0 Å². The lowest BCUT2D eigenvalue weighted by Gasteiger charge is -2.12. The minimum atomic E-state index is -4.44. The van der Waals surface area contributed by atoms with Crippen molar-refractivity contribution >= 4 is 34.5 Å². The summed E-state index contributed by atoms with van der Waals surface area (Å²) in [5, 5.41) is 12.2. The average molecular weight is 481 g/mol. The van der Waals surface area contributed by atoms with Crippen LogP contribution in [0.3, 0.4) is 0 Å². The Morgan fingerprint density at radius 2 is 1.82 bits per heavy atom. The van der Waals surface area contributed by atoms with Gasteiger partial charge < -0.3 is 10.6 Å². The van der Waals surface area contributed by atoms with Crippen LogP contribution in [-0.4, -0.2) is 44.0 Å². The van der Waals surface area contributed by atoms with E-state index in [0.717, 1.165) is 42.0 Å². The number of thioether (sulfide) groups is 1. The van der Waals surface area contributed by atoms with Crippen LogP contribution in [0.1, 0.15) is 43.6 Å². The Hall–Kier alpha value is -2.82. The highest BCUT2D eigenvalue weighted by Gasteiger charge is 2.30. The monoisotopic (exact) mass is 480 g/mol.